The molecular weight excluding hydrogens is 617 g/mol. The van der Waals surface area contributed by atoms with Crippen LogP contribution >= 0.6 is 23.2 Å². The Balaban J connectivity index is 1.32. The number of aliphatic hydroxyl groups excluding tert-OH is 1. The molecule has 1 amide bonds. The van der Waals surface area contributed by atoms with E-state index in [4.69, 9.17) is 23.2 Å². The highest BCUT2D eigenvalue weighted by atomic mass is 35.5. The summed E-state index contributed by atoms with van der Waals surface area (Å²) in [6.45, 7) is 3.28. The van der Waals surface area contributed by atoms with E-state index in [2.05, 4.69) is 16.8 Å². The molecule has 5 rings (SSSR count). The number of hydrogen-bond acceptors (Lipinski definition) is 6. The van der Waals surface area contributed by atoms with Crippen LogP contribution in [0.5, 0.6) is 0 Å². The fourth-order valence-corrected chi connectivity index (χ4v) is 8.69. The normalized spacial score (nSPS) is 23.2. The summed E-state index contributed by atoms with van der Waals surface area (Å²) in [5, 5.41) is 11.4. The van der Waals surface area contributed by atoms with E-state index in [-0.39, 0.29) is 17.7 Å². The molecule has 3 aromatic rings. The van der Waals surface area contributed by atoms with E-state index in [9.17, 15) is 18.3 Å². The van der Waals surface area contributed by atoms with Gasteiger partial charge in [-0.15, -0.1) is 0 Å². The summed E-state index contributed by atoms with van der Waals surface area (Å²) < 4.78 is 26.4. The predicted octanol–water partition coefficient (Wildman–Crippen LogP) is 5.75. The van der Waals surface area contributed by atoms with Crippen LogP contribution in [0.1, 0.15) is 48.0 Å². The number of likely N-dealkylation sites (tertiary alicyclic amines) is 2. The number of sulfone groups is 1. The lowest BCUT2D eigenvalue weighted by molar-refractivity contribution is 0.0158. The second-order valence-corrected chi connectivity index (χ2v) is 14.9. The van der Waals surface area contributed by atoms with Crippen LogP contribution in [-0.2, 0) is 15.4 Å². The lowest BCUT2D eigenvalue weighted by Gasteiger charge is -2.49. The molecule has 2 fully saturated rings. The summed E-state index contributed by atoms with van der Waals surface area (Å²) in [6.07, 6.45) is 3.05. The van der Waals surface area contributed by atoms with E-state index >= 15 is 0 Å². The number of piperidine rings is 2. The van der Waals surface area contributed by atoms with Crippen LogP contribution in [0.25, 0.3) is 0 Å². The second-order valence-electron chi connectivity index (χ2n) is 12.1. The zero-order valence-corrected chi connectivity index (χ0v) is 27.4. The van der Waals surface area contributed by atoms with Gasteiger partial charge in [-0.1, -0.05) is 65.7 Å². The van der Waals surface area contributed by atoms with Gasteiger partial charge in [0, 0.05) is 31.2 Å². The van der Waals surface area contributed by atoms with Crippen molar-refractivity contribution in [2.45, 2.75) is 54.7 Å². The van der Waals surface area contributed by atoms with E-state index in [0.717, 1.165) is 31.4 Å². The average Bonchev–Trinajstić information content (AvgIpc) is 3.03. The molecule has 0 spiro atoms. The quantitative estimate of drug-likeness (QED) is 0.299. The van der Waals surface area contributed by atoms with Gasteiger partial charge in [0.05, 0.1) is 32.3 Å². The number of amides is 1. The summed E-state index contributed by atoms with van der Waals surface area (Å²) in [7, 11) is -1.40. The van der Waals surface area contributed by atoms with Gasteiger partial charge in [0.2, 0.25) is 0 Å². The molecule has 0 aromatic heterocycles. The van der Waals surface area contributed by atoms with Gasteiger partial charge >= 0.3 is 0 Å². The van der Waals surface area contributed by atoms with Crippen molar-refractivity contribution >= 4 is 38.9 Å². The van der Waals surface area contributed by atoms with Gasteiger partial charge in [0.15, 0.2) is 9.84 Å². The molecule has 0 aliphatic carbocycles. The van der Waals surface area contributed by atoms with Crippen molar-refractivity contribution < 1.29 is 18.3 Å². The number of likely N-dealkylation sites (N-methyl/N-ethyl adjacent to an activating group) is 1. The van der Waals surface area contributed by atoms with Crippen LogP contribution in [0.3, 0.4) is 0 Å². The first-order valence-corrected chi connectivity index (χ1v) is 17.7. The molecule has 10 heteroatoms. The summed E-state index contributed by atoms with van der Waals surface area (Å²) in [4.78, 5) is 20.3. The number of benzene rings is 3. The number of rotatable bonds is 10. The van der Waals surface area contributed by atoms with Crippen molar-refractivity contribution in [3.63, 3.8) is 0 Å². The molecule has 3 atom stereocenters. The summed E-state index contributed by atoms with van der Waals surface area (Å²) in [6, 6.07) is 23.4. The predicted molar refractivity (Wildman–Crippen MR) is 176 cm³/mol. The number of carbonyl (C=O) groups excluding carboxylic acids is 1. The Morgan fingerprint density at radius 3 is 2.41 bits per heavy atom. The second kappa shape index (κ2) is 14.3. The van der Waals surface area contributed by atoms with Gasteiger partial charge < -0.3 is 10.0 Å². The average molecular weight is 659 g/mol. The standard InChI is InChI=1S/C34H41Cl2N3O4S/c1-37(18-9-20-38-21-16-29(40)23-28(38)24-44(42,43)30-12-6-3-7-13-30)34(27-14-15-31(35)32(36)22-27)17-8-19-39(25-34)33(41)26-10-4-2-5-11-26/h2-7,10-15,22,28-29,40H,8-9,16-21,23-25H2,1H3. The molecule has 0 radical (unpaired) electrons. The molecule has 1 N–H and O–H groups in total. The third kappa shape index (κ3) is 7.49. The highest BCUT2D eigenvalue weighted by molar-refractivity contribution is 7.91. The smallest absolute Gasteiger partial charge is 0.253 e. The van der Waals surface area contributed by atoms with Crippen molar-refractivity contribution in [1.29, 1.82) is 0 Å². The Bertz CT molecular complexity index is 1530. The summed E-state index contributed by atoms with van der Waals surface area (Å²) in [5.74, 6) is -0.00860. The Morgan fingerprint density at radius 2 is 1.70 bits per heavy atom. The van der Waals surface area contributed by atoms with Crippen molar-refractivity contribution in [2.24, 2.45) is 0 Å². The van der Waals surface area contributed by atoms with Gasteiger partial charge in [-0.25, -0.2) is 8.42 Å². The maximum absolute atomic E-state index is 13.5. The molecule has 2 aliphatic heterocycles. The number of halogens is 2. The minimum Gasteiger partial charge on any atom is -0.393 e. The van der Waals surface area contributed by atoms with E-state index in [1.807, 2.05) is 53.4 Å². The third-order valence-corrected chi connectivity index (χ3v) is 11.8. The molecule has 3 unspecified atom stereocenters. The van der Waals surface area contributed by atoms with E-state index in [1.165, 1.54) is 0 Å². The zero-order valence-electron chi connectivity index (χ0n) is 25.1. The molecule has 7 nitrogen and oxygen atoms in total. The van der Waals surface area contributed by atoms with Gasteiger partial charge in [-0.05, 0) is 94.2 Å². The van der Waals surface area contributed by atoms with E-state index in [0.29, 0.717) is 59.5 Å². The largest absolute Gasteiger partial charge is 0.393 e. The van der Waals surface area contributed by atoms with Crippen molar-refractivity contribution in [3.05, 3.63) is 100 Å². The van der Waals surface area contributed by atoms with Crippen LogP contribution in [0, 0.1) is 0 Å². The van der Waals surface area contributed by atoms with Crippen molar-refractivity contribution in [2.75, 3.05) is 45.5 Å². The van der Waals surface area contributed by atoms with Crippen LogP contribution in [0.15, 0.2) is 83.8 Å². The van der Waals surface area contributed by atoms with Crippen LogP contribution in [-0.4, -0.2) is 91.8 Å². The molecule has 2 heterocycles. The van der Waals surface area contributed by atoms with Gasteiger partial charge in [0.1, 0.15) is 0 Å². The fourth-order valence-electron chi connectivity index (χ4n) is 6.77. The monoisotopic (exact) mass is 657 g/mol. The highest BCUT2D eigenvalue weighted by Gasteiger charge is 2.42. The van der Waals surface area contributed by atoms with Crippen LogP contribution in [0.2, 0.25) is 10.0 Å². The third-order valence-electron chi connectivity index (χ3n) is 9.23. The highest BCUT2D eigenvalue weighted by Crippen LogP contribution is 2.40. The molecule has 0 saturated carbocycles. The first-order valence-electron chi connectivity index (χ1n) is 15.3. The molecular formula is C34H41Cl2N3O4S. The lowest BCUT2D eigenvalue weighted by atomic mass is 9.80. The molecule has 0 bridgehead atoms. The maximum Gasteiger partial charge on any atom is 0.253 e. The first-order chi connectivity index (χ1) is 21.1. The Morgan fingerprint density at radius 1 is 1.00 bits per heavy atom. The Labute approximate surface area is 271 Å². The fraction of sp³-hybridized carbons (Fsp3) is 0.441. The van der Waals surface area contributed by atoms with Gasteiger partial charge in [-0.3, -0.25) is 14.6 Å². The topological polar surface area (TPSA) is 81.2 Å². The number of nitrogens with zero attached hydrogens (tertiary/aromatic N) is 3. The molecule has 236 valence electrons. The Hall–Kier alpha value is -2.46. The minimum absolute atomic E-state index is 0.0116. The zero-order chi connectivity index (χ0) is 31.3. The van der Waals surface area contributed by atoms with E-state index in [1.54, 1.807) is 30.3 Å². The number of hydrogen-bond donors (Lipinski definition) is 1. The number of aliphatic hydroxyl groups is 1. The maximum atomic E-state index is 13.5. The molecule has 2 saturated heterocycles. The molecule has 2 aliphatic rings. The first kappa shape index (κ1) is 32.9. The SMILES string of the molecule is CN(CCCN1CCC(O)CC1CS(=O)(=O)c1ccccc1)C1(c2ccc(Cl)c(Cl)c2)CCCN(C(=O)c2ccccc2)C1. The summed E-state index contributed by atoms with van der Waals surface area (Å²) >= 11 is 12.8. The molecule has 44 heavy (non-hydrogen) atoms. The van der Waals surface area contributed by atoms with Crippen molar-refractivity contribution in [1.82, 2.24) is 14.7 Å². The summed E-state index contributed by atoms with van der Waals surface area (Å²) in [5.41, 5.74) is 1.22. The van der Waals surface area contributed by atoms with Crippen LogP contribution in [0.4, 0.5) is 0 Å². The van der Waals surface area contributed by atoms with Gasteiger partial charge in [-0.2, -0.15) is 0 Å². The minimum atomic E-state index is -3.49. The Kier molecular flexibility index (Phi) is 10.7. The molecule has 3 aromatic carbocycles. The van der Waals surface area contributed by atoms with Gasteiger partial charge in [0.25, 0.3) is 5.91 Å². The van der Waals surface area contributed by atoms with E-state index < -0.39 is 21.5 Å². The van der Waals surface area contributed by atoms with Crippen LogP contribution < -0.4 is 0 Å². The number of carbonyl (C=O) groups is 1. The lowest BCUT2D eigenvalue weighted by Crippen LogP contribution is -2.57. The van der Waals surface area contributed by atoms with Crippen molar-refractivity contribution in [3.8, 4) is 0 Å².